The second-order valence-electron chi connectivity index (χ2n) is 8.42. The van der Waals surface area contributed by atoms with E-state index in [4.69, 9.17) is 9.26 Å². The number of hydrogen-bond acceptors (Lipinski definition) is 5. The monoisotopic (exact) mass is 407 g/mol. The van der Waals surface area contributed by atoms with Crippen LogP contribution in [0.2, 0.25) is 0 Å². The molecule has 1 saturated carbocycles. The van der Waals surface area contributed by atoms with Crippen LogP contribution in [0.25, 0.3) is 0 Å². The van der Waals surface area contributed by atoms with Crippen LogP contribution in [0.1, 0.15) is 60.8 Å². The number of carbonyl (C=O) groups is 1. The Balaban J connectivity index is 1.27. The molecule has 1 amide bonds. The first-order chi connectivity index (χ1) is 14.6. The van der Waals surface area contributed by atoms with Crippen LogP contribution in [-0.2, 0) is 4.74 Å². The molecular formula is C24H29N3O3. The van der Waals surface area contributed by atoms with Gasteiger partial charge in [-0.05, 0) is 45.2 Å². The minimum Gasteiger partial charge on any atom is -0.367 e. The number of carbonyl (C=O) groups excluding carboxylic acids is 1. The summed E-state index contributed by atoms with van der Waals surface area (Å²) in [6.07, 6.45) is 3.10. The van der Waals surface area contributed by atoms with Crippen LogP contribution in [0.4, 0.5) is 0 Å². The Morgan fingerprint density at radius 1 is 1.33 bits per heavy atom. The Labute approximate surface area is 178 Å². The number of hydrogen-bond donors (Lipinski definition) is 1. The summed E-state index contributed by atoms with van der Waals surface area (Å²) in [7, 11) is 0. The van der Waals surface area contributed by atoms with E-state index in [9.17, 15) is 4.79 Å². The van der Waals surface area contributed by atoms with Crippen LogP contribution in [0.5, 0.6) is 0 Å². The van der Waals surface area contributed by atoms with Crippen molar-refractivity contribution in [1.29, 1.82) is 0 Å². The lowest BCUT2D eigenvalue weighted by Crippen LogP contribution is -2.40. The quantitative estimate of drug-likeness (QED) is 0.564. The van der Waals surface area contributed by atoms with Gasteiger partial charge in [0, 0.05) is 42.2 Å². The molecule has 2 aliphatic rings. The molecule has 1 aromatic carbocycles. The standard InChI is InChI=1S/C24H29N3O3/c1-17(2)27-15-20(25-24(28)22-14-23(30-26-22)19-10-11-19)13-21(27)16-29-12-6-9-18-7-4-3-5-8-18/h3-5,7-8,14,17,19-21H,10-13,15-16H2,1-2H3,(H,25,28)/t20-,21-/m0/s1. The molecule has 2 aromatic rings. The number of ether oxygens (including phenoxy) is 1. The van der Waals surface area contributed by atoms with Crippen molar-refractivity contribution in [2.75, 3.05) is 19.8 Å². The minimum absolute atomic E-state index is 0.0741. The zero-order valence-corrected chi connectivity index (χ0v) is 17.6. The third-order valence-electron chi connectivity index (χ3n) is 5.69. The number of nitrogens with zero attached hydrogens (tertiary/aromatic N) is 2. The van der Waals surface area contributed by atoms with E-state index < -0.39 is 0 Å². The summed E-state index contributed by atoms with van der Waals surface area (Å²) < 4.78 is 11.1. The van der Waals surface area contributed by atoms with Crippen molar-refractivity contribution in [2.45, 2.75) is 57.2 Å². The molecule has 6 heteroatoms. The predicted molar refractivity (Wildman–Crippen MR) is 114 cm³/mol. The van der Waals surface area contributed by atoms with Gasteiger partial charge < -0.3 is 14.6 Å². The van der Waals surface area contributed by atoms with Crippen LogP contribution >= 0.6 is 0 Å². The molecule has 1 aromatic heterocycles. The Hall–Kier alpha value is -2.62. The van der Waals surface area contributed by atoms with Crippen molar-refractivity contribution >= 4 is 5.91 Å². The van der Waals surface area contributed by atoms with Gasteiger partial charge in [-0.25, -0.2) is 0 Å². The van der Waals surface area contributed by atoms with E-state index >= 15 is 0 Å². The first-order valence-corrected chi connectivity index (χ1v) is 10.7. The van der Waals surface area contributed by atoms with Crippen molar-refractivity contribution in [3.8, 4) is 11.8 Å². The van der Waals surface area contributed by atoms with Gasteiger partial charge in [0.25, 0.3) is 5.91 Å². The molecule has 158 valence electrons. The Kier molecular flexibility index (Phi) is 6.51. The molecule has 2 heterocycles. The number of benzene rings is 1. The molecule has 4 rings (SSSR count). The van der Waals surface area contributed by atoms with Crippen LogP contribution in [0.15, 0.2) is 40.9 Å². The second-order valence-corrected chi connectivity index (χ2v) is 8.42. The lowest BCUT2D eigenvalue weighted by atomic mass is 10.1. The van der Waals surface area contributed by atoms with E-state index in [0.717, 1.165) is 37.1 Å². The van der Waals surface area contributed by atoms with Gasteiger partial charge in [0.1, 0.15) is 12.4 Å². The fourth-order valence-corrected chi connectivity index (χ4v) is 3.96. The largest absolute Gasteiger partial charge is 0.367 e. The highest BCUT2D eigenvalue weighted by Gasteiger charge is 2.35. The van der Waals surface area contributed by atoms with Crippen molar-refractivity contribution < 1.29 is 14.1 Å². The van der Waals surface area contributed by atoms with Crippen LogP contribution in [0, 0.1) is 11.8 Å². The summed E-state index contributed by atoms with van der Waals surface area (Å²) in [6.45, 7) is 6.15. The van der Waals surface area contributed by atoms with Crippen molar-refractivity contribution in [3.63, 3.8) is 0 Å². The fourth-order valence-electron chi connectivity index (χ4n) is 3.96. The summed E-state index contributed by atoms with van der Waals surface area (Å²) in [6, 6.07) is 12.4. The second kappa shape index (κ2) is 9.46. The van der Waals surface area contributed by atoms with Gasteiger partial charge in [-0.2, -0.15) is 0 Å². The maximum absolute atomic E-state index is 12.6. The van der Waals surface area contributed by atoms with E-state index in [-0.39, 0.29) is 18.0 Å². The first-order valence-electron chi connectivity index (χ1n) is 10.7. The molecule has 0 radical (unpaired) electrons. The lowest BCUT2D eigenvalue weighted by Gasteiger charge is -2.27. The Bertz CT molecular complexity index is 909. The van der Waals surface area contributed by atoms with E-state index in [0.29, 0.717) is 30.9 Å². The third kappa shape index (κ3) is 5.29. The highest BCUT2D eigenvalue weighted by molar-refractivity contribution is 5.92. The fraction of sp³-hybridized carbons (Fsp3) is 0.500. The molecular weight excluding hydrogens is 378 g/mol. The molecule has 0 unspecified atom stereocenters. The first kappa shape index (κ1) is 20.6. The zero-order valence-electron chi connectivity index (χ0n) is 17.6. The lowest BCUT2D eigenvalue weighted by molar-refractivity contribution is 0.0829. The van der Waals surface area contributed by atoms with Crippen LogP contribution in [-0.4, -0.2) is 53.8 Å². The molecule has 30 heavy (non-hydrogen) atoms. The van der Waals surface area contributed by atoms with E-state index in [2.05, 4.69) is 41.1 Å². The summed E-state index contributed by atoms with van der Waals surface area (Å²) >= 11 is 0. The number of likely N-dealkylation sites (tertiary alicyclic amines) is 1. The predicted octanol–water partition coefficient (Wildman–Crippen LogP) is 3.20. The highest BCUT2D eigenvalue weighted by Crippen LogP contribution is 2.40. The highest BCUT2D eigenvalue weighted by atomic mass is 16.5. The number of nitrogens with one attached hydrogen (secondary N) is 1. The smallest absolute Gasteiger partial charge is 0.273 e. The number of aromatic nitrogens is 1. The molecule has 1 N–H and O–H groups in total. The summed E-state index contributed by atoms with van der Waals surface area (Å²) in [5, 5.41) is 7.07. The SMILES string of the molecule is CC(C)N1C[C@@H](NC(=O)c2cc(C3CC3)on2)C[C@H]1COCC#Cc1ccccc1. The zero-order chi connectivity index (χ0) is 20.9. The van der Waals surface area contributed by atoms with Gasteiger partial charge in [-0.15, -0.1) is 0 Å². The molecule has 1 aliphatic carbocycles. The summed E-state index contributed by atoms with van der Waals surface area (Å²) in [5.41, 5.74) is 1.37. The van der Waals surface area contributed by atoms with Crippen LogP contribution < -0.4 is 5.32 Å². The molecule has 0 bridgehead atoms. The van der Waals surface area contributed by atoms with Crippen LogP contribution in [0.3, 0.4) is 0 Å². The normalized spacial score (nSPS) is 21.4. The van der Waals surface area contributed by atoms with Gasteiger partial charge in [-0.1, -0.05) is 35.2 Å². The van der Waals surface area contributed by atoms with Gasteiger partial charge in [0.15, 0.2) is 5.69 Å². The minimum atomic E-state index is -0.158. The van der Waals surface area contributed by atoms with E-state index in [1.54, 1.807) is 6.07 Å². The average Bonchev–Trinajstić information content (AvgIpc) is 3.32. The summed E-state index contributed by atoms with van der Waals surface area (Å²) in [5.74, 6) is 7.31. The maximum Gasteiger partial charge on any atom is 0.273 e. The summed E-state index contributed by atoms with van der Waals surface area (Å²) in [4.78, 5) is 15.0. The number of amides is 1. The van der Waals surface area contributed by atoms with Gasteiger partial charge in [0.05, 0.1) is 6.61 Å². The molecule has 2 fully saturated rings. The van der Waals surface area contributed by atoms with Crippen molar-refractivity contribution in [3.05, 3.63) is 53.4 Å². The van der Waals surface area contributed by atoms with Gasteiger partial charge in [0.2, 0.25) is 0 Å². The third-order valence-corrected chi connectivity index (χ3v) is 5.69. The molecule has 1 aliphatic heterocycles. The number of rotatable bonds is 7. The topological polar surface area (TPSA) is 67.6 Å². The Morgan fingerprint density at radius 3 is 2.87 bits per heavy atom. The van der Waals surface area contributed by atoms with E-state index in [1.807, 2.05) is 30.3 Å². The van der Waals surface area contributed by atoms with Gasteiger partial charge in [-0.3, -0.25) is 9.69 Å². The van der Waals surface area contributed by atoms with Gasteiger partial charge >= 0.3 is 0 Å². The molecule has 1 saturated heterocycles. The molecule has 2 atom stereocenters. The maximum atomic E-state index is 12.6. The Morgan fingerprint density at radius 2 is 2.13 bits per heavy atom. The molecule has 0 spiro atoms. The van der Waals surface area contributed by atoms with Crippen molar-refractivity contribution in [2.24, 2.45) is 0 Å². The molecule has 6 nitrogen and oxygen atoms in total. The average molecular weight is 408 g/mol. The van der Waals surface area contributed by atoms with Crippen molar-refractivity contribution in [1.82, 2.24) is 15.4 Å². The van der Waals surface area contributed by atoms with E-state index in [1.165, 1.54) is 0 Å².